The van der Waals surface area contributed by atoms with Crippen LogP contribution in [0, 0.1) is 11.8 Å². The zero-order valence-electron chi connectivity index (χ0n) is 8.69. The second-order valence-electron chi connectivity index (χ2n) is 4.26. The maximum absolute atomic E-state index is 11.4. The molecule has 0 aromatic heterocycles. The van der Waals surface area contributed by atoms with Crippen molar-refractivity contribution in [2.75, 3.05) is 13.1 Å². The topological polar surface area (TPSA) is 57.6 Å². The number of aliphatic carboxylic acids is 1. The fraction of sp³-hybridized carbons (Fsp3) is 0.800. The lowest BCUT2D eigenvalue weighted by Gasteiger charge is -2.16. The molecule has 1 heterocycles. The molecule has 1 atom stereocenters. The first kappa shape index (κ1) is 11.0. The summed E-state index contributed by atoms with van der Waals surface area (Å²) in [5.41, 5.74) is 0. The van der Waals surface area contributed by atoms with Gasteiger partial charge in [-0.05, 0) is 12.3 Å². The molecule has 14 heavy (non-hydrogen) atoms. The Hall–Kier alpha value is -1.06. The monoisotopic (exact) mass is 199 g/mol. The molecule has 1 saturated heterocycles. The average Bonchev–Trinajstić information content (AvgIpc) is 2.43. The number of likely N-dealkylation sites (tertiary alicyclic amines) is 1. The Bertz CT molecular complexity index is 238. The highest BCUT2D eigenvalue weighted by molar-refractivity contribution is 5.86. The third-order valence-corrected chi connectivity index (χ3v) is 2.54. The number of hydrogen-bond donors (Lipinski definition) is 1. The van der Waals surface area contributed by atoms with E-state index in [-0.39, 0.29) is 12.3 Å². The van der Waals surface area contributed by atoms with Gasteiger partial charge in [0.1, 0.15) is 0 Å². The summed E-state index contributed by atoms with van der Waals surface area (Å²) in [6.45, 7) is 5.27. The van der Waals surface area contributed by atoms with Crippen LogP contribution >= 0.6 is 0 Å². The average molecular weight is 199 g/mol. The molecule has 1 unspecified atom stereocenters. The van der Waals surface area contributed by atoms with Gasteiger partial charge in [0.05, 0.1) is 5.92 Å². The van der Waals surface area contributed by atoms with Crippen LogP contribution in [0.3, 0.4) is 0 Å². The first-order valence-electron chi connectivity index (χ1n) is 5.01. The van der Waals surface area contributed by atoms with Crippen LogP contribution in [0.4, 0.5) is 0 Å². The van der Waals surface area contributed by atoms with Gasteiger partial charge in [-0.1, -0.05) is 13.8 Å². The van der Waals surface area contributed by atoms with E-state index in [9.17, 15) is 9.59 Å². The van der Waals surface area contributed by atoms with Crippen LogP contribution in [0.2, 0.25) is 0 Å². The number of carboxylic acids is 1. The predicted octanol–water partition coefficient (Wildman–Crippen LogP) is 0.966. The highest BCUT2D eigenvalue weighted by Gasteiger charge is 2.33. The van der Waals surface area contributed by atoms with Gasteiger partial charge in [-0.15, -0.1) is 0 Å². The van der Waals surface area contributed by atoms with Crippen LogP contribution in [0.1, 0.15) is 26.7 Å². The number of hydrogen-bond acceptors (Lipinski definition) is 2. The molecule has 0 aliphatic carbocycles. The largest absolute Gasteiger partial charge is 0.481 e. The second-order valence-corrected chi connectivity index (χ2v) is 4.26. The Kier molecular flexibility index (Phi) is 3.49. The van der Waals surface area contributed by atoms with Crippen LogP contribution in [0.25, 0.3) is 0 Å². The molecule has 1 aliphatic heterocycles. The quantitative estimate of drug-likeness (QED) is 0.733. The molecule has 4 nitrogen and oxygen atoms in total. The number of carbonyl (C=O) groups is 2. The maximum atomic E-state index is 11.4. The molecule has 1 aliphatic rings. The minimum atomic E-state index is -0.856. The van der Waals surface area contributed by atoms with Crippen LogP contribution < -0.4 is 0 Å². The number of carbonyl (C=O) groups excluding carboxylic acids is 1. The summed E-state index contributed by atoms with van der Waals surface area (Å²) in [7, 11) is 0. The summed E-state index contributed by atoms with van der Waals surface area (Å²) >= 11 is 0. The van der Waals surface area contributed by atoms with Crippen molar-refractivity contribution in [2.45, 2.75) is 26.7 Å². The predicted molar refractivity (Wildman–Crippen MR) is 51.8 cm³/mol. The Balaban J connectivity index is 2.41. The fourth-order valence-corrected chi connectivity index (χ4v) is 1.57. The molecule has 0 radical (unpaired) electrons. The second kappa shape index (κ2) is 4.44. The van der Waals surface area contributed by atoms with Crippen LogP contribution in [0.15, 0.2) is 0 Å². The van der Waals surface area contributed by atoms with E-state index in [1.807, 2.05) is 0 Å². The van der Waals surface area contributed by atoms with Crippen molar-refractivity contribution in [3.63, 3.8) is 0 Å². The van der Waals surface area contributed by atoms with Gasteiger partial charge in [0.25, 0.3) is 0 Å². The third-order valence-electron chi connectivity index (χ3n) is 2.54. The standard InChI is InChI=1S/C10H17NO3/c1-7(2)3-4-11-6-8(10(13)14)5-9(11)12/h7-8H,3-6H2,1-2H3,(H,13,14). The molecule has 80 valence electrons. The van der Waals surface area contributed by atoms with E-state index in [1.165, 1.54) is 0 Å². The van der Waals surface area contributed by atoms with Crippen LogP contribution in [0.5, 0.6) is 0 Å². The number of amides is 1. The van der Waals surface area contributed by atoms with Gasteiger partial charge >= 0.3 is 5.97 Å². The minimum absolute atomic E-state index is 0.0157. The molecular formula is C10H17NO3. The van der Waals surface area contributed by atoms with Gasteiger partial charge < -0.3 is 10.0 Å². The number of rotatable bonds is 4. The number of carboxylic acid groups (broad SMARTS) is 1. The van der Waals surface area contributed by atoms with E-state index in [4.69, 9.17) is 5.11 Å². The van der Waals surface area contributed by atoms with Crippen molar-refractivity contribution in [1.82, 2.24) is 4.90 Å². The Morgan fingerprint density at radius 3 is 2.71 bits per heavy atom. The molecule has 0 bridgehead atoms. The summed E-state index contributed by atoms with van der Waals surface area (Å²) in [6.07, 6.45) is 1.12. The van der Waals surface area contributed by atoms with E-state index >= 15 is 0 Å². The minimum Gasteiger partial charge on any atom is -0.481 e. The van der Waals surface area contributed by atoms with Crippen molar-refractivity contribution in [3.8, 4) is 0 Å². The first-order valence-corrected chi connectivity index (χ1v) is 5.01. The molecule has 0 saturated carbocycles. The SMILES string of the molecule is CC(C)CCN1CC(C(=O)O)CC1=O. The lowest BCUT2D eigenvalue weighted by Crippen LogP contribution is -2.28. The van der Waals surface area contributed by atoms with E-state index < -0.39 is 11.9 Å². The van der Waals surface area contributed by atoms with Gasteiger partial charge in [0.2, 0.25) is 5.91 Å². The van der Waals surface area contributed by atoms with Gasteiger partial charge in [-0.25, -0.2) is 0 Å². The molecule has 1 fully saturated rings. The summed E-state index contributed by atoms with van der Waals surface area (Å²) in [6, 6.07) is 0. The summed E-state index contributed by atoms with van der Waals surface area (Å²) < 4.78 is 0. The Labute approximate surface area is 83.9 Å². The lowest BCUT2D eigenvalue weighted by atomic mass is 10.1. The van der Waals surface area contributed by atoms with Gasteiger partial charge in [-0.2, -0.15) is 0 Å². The molecule has 1 rings (SSSR count). The van der Waals surface area contributed by atoms with Crippen molar-refractivity contribution < 1.29 is 14.7 Å². The highest BCUT2D eigenvalue weighted by atomic mass is 16.4. The maximum Gasteiger partial charge on any atom is 0.308 e. The summed E-state index contributed by atoms with van der Waals surface area (Å²) in [4.78, 5) is 23.7. The van der Waals surface area contributed by atoms with E-state index in [0.717, 1.165) is 6.42 Å². The third kappa shape index (κ3) is 2.72. The van der Waals surface area contributed by atoms with Crippen LogP contribution in [-0.2, 0) is 9.59 Å². The number of nitrogens with zero attached hydrogens (tertiary/aromatic N) is 1. The van der Waals surface area contributed by atoms with Gasteiger partial charge in [0, 0.05) is 19.5 Å². The molecule has 1 amide bonds. The van der Waals surface area contributed by atoms with Crippen LogP contribution in [-0.4, -0.2) is 35.0 Å². The van der Waals surface area contributed by atoms with E-state index in [0.29, 0.717) is 19.0 Å². The van der Waals surface area contributed by atoms with E-state index in [2.05, 4.69) is 13.8 Å². The van der Waals surface area contributed by atoms with Crippen molar-refractivity contribution in [1.29, 1.82) is 0 Å². The Morgan fingerprint density at radius 2 is 2.29 bits per heavy atom. The van der Waals surface area contributed by atoms with E-state index in [1.54, 1.807) is 4.90 Å². The fourth-order valence-electron chi connectivity index (χ4n) is 1.57. The molecule has 4 heteroatoms. The highest BCUT2D eigenvalue weighted by Crippen LogP contribution is 2.18. The molecule has 0 aromatic rings. The first-order chi connectivity index (χ1) is 6.50. The smallest absolute Gasteiger partial charge is 0.308 e. The Morgan fingerprint density at radius 1 is 1.64 bits per heavy atom. The molecule has 0 aromatic carbocycles. The van der Waals surface area contributed by atoms with Crippen molar-refractivity contribution in [3.05, 3.63) is 0 Å². The summed E-state index contributed by atoms with van der Waals surface area (Å²) in [5.74, 6) is -0.815. The normalized spacial score (nSPS) is 22.1. The van der Waals surface area contributed by atoms with Crippen molar-refractivity contribution >= 4 is 11.9 Å². The zero-order valence-corrected chi connectivity index (χ0v) is 8.69. The molecule has 0 spiro atoms. The summed E-state index contributed by atoms with van der Waals surface area (Å²) in [5, 5.41) is 8.75. The zero-order chi connectivity index (χ0) is 10.7. The lowest BCUT2D eigenvalue weighted by molar-refractivity contribution is -0.141. The molecule has 1 N–H and O–H groups in total. The van der Waals surface area contributed by atoms with Gasteiger partial charge in [-0.3, -0.25) is 9.59 Å². The van der Waals surface area contributed by atoms with Gasteiger partial charge in [0.15, 0.2) is 0 Å². The van der Waals surface area contributed by atoms with Crippen molar-refractivity contribution in [2.24, 2.45) is 11.8 Å². The molecular weight excluding hydrogens is 182 g/mol.